The number of rotatable bonds is 32. The molecule has 0 aliphatic carbocycles. The van der Waals surface area contributed by atoms with Crippen LogP contribution in [0.5, 0.6) is 0 Å². The summed E-state index contributed by atoms with van der Waals surface area (Å²) in [5, 5.41) is 3.18. The second kappa shape index (κ2) is 33.7. The first-order valence-corrected chi connectivity index (χ1v) is 20.1. The fraction of sp³-hybridized carbons (Fsp3) is 0.909. The van der Waals surface area contributed by atoms with Crippen LogP contribution in [0.4, 0.5) is 0 Å². The Morgan fingerprint density at radius 3 is 0.952 bits per heavy atom. The molecule has 0 saturated carbocycles. The lowest BCUT2D eigenvalue weighted by Crippen LogP contribution is -2.30. The molecule has 0 bridgehead atoms. The summed E-state index contributed by atoms with van der Waals surface area (Å²) in [6.45, 7) is -0.154. The highest BCUT2D eigenvalue weighted by Gasteiger charge is 2.19. The first-order valence-electron chi connectivity index (χ1n) is 16.7. The number of alkyl halides is 3. The zero-order chi connectivity index (χ0) is 30.9. The molecular formula is C33H59Br3O6. The predicted molar refractivity (Wildman–Crippen MR) is 184 cm³/mol. The van der Waals surface area contributed by atoms with Crippen molar-refractivity contribution in [2.75, 3.05) is 29.2 Å². The minimum absolute atomic E-state index is 0.0770. The fourth-order valence-electron chi connectivity index (χ4n) is 4.62. The highest BCUT2D eigenvalue weighted by Crippen LogP contribution is 2.13. The standard InChI is InChI=1S/C33H59Br3O6/c34-25-19-13-7-1-4-10-16-22-31(37)40-28-30(42-33(39)24-18-12-6-3-9-15-21-27-36)29-41-32(38)23-17-11-5-2-8-14-20-26-35/h30H,1-29H2. The van der Waals surface area contributed by atoms with Crippen LogP contribution in [-0.4, -0.2) is 53.2 Å². The first-order chi connectivity index (χ1) is 20.5. The average Bonchev–Trinajstić information content (AvgIpc) is 2.98. The van der Waals surface area contributed by atoms with Crippen molar-refractivity contribution in [3.63, 3.8) is 0 Å². The zero-order valence-electron chi connectivity index (χ0n) is 26.2. The van der Waals surface area contributed by atoms with E-state index in [0.29, 0.717) is 19.3 Å². The van der Waals surface area contributed by atoms with Crippen LogP contribution in [0.1, 0.15) is 154 Å². The van der Waals surface area contributed by atoms with E-state index in [1.54, 1.807) is 0 Å². The van der Waals surface area contributed by atoms with Gasteiger partial charge < -0.3 is 14.2 Å². The molecule has 0 spiro atoms. The minimum atomic E-state index is -0.765. The van der Waals surface area contributed by atoms with Gasteiger partial charge in [0, 0.05) is 35.3 Å². The lowest BCUT2D eigenvalue weighted by Gasteiger charge is -2.18. The van der Waals surface area contributed by atoms with Crippen molar-refractivity contribution in [3.8, 4) is 0 Å². The molecule has 9 heteroatoms. The Morgan fingerprint density at radius 2 is 0.643 bits per heavy atom. The third kappa shape index (κ3) is 31.3. The number of ether oxygens (including phenoxy) is 3. The quantitative estimate of drug-likeness (QED) is 0.0292. The van der Waals surface area contributed by atoms with Crippen LogP contribution >= 0.6 is 47.8 Å². The SMILES string of the molecule is O=C(CCCCCCCCCBr)OCC(COC(=O)CCCCCCCCCBr)OC(=O)CCCCCCCCCBr. The maximum atomic E-state index is 12.5. The molecule has 248 valence electrons. The molecule has 0 rings (SSSR count). The van der Waals surface area contributed by atoms with Gasteiger partial charge >= 0.3 is 17.9 Å². The number of carbonyl (C=O) groups is 3. The summed E-state index contributed by atoms with van der Waals surface area (Å²) < 4.78 is 16.4. The molecule has 0 aliphatic heterocycles. The van der Waals surface area contributed by atoms with E-state index in [2.05, 4.69) is 47.8 Å². The van der Waals surface area contributed by atoms with Gasteiger partial charge in [0.05, 0.1) is 0 Å². The molecule has 0 N–H and O–H groups in total. The topological polar surface area (TPSA) is 78.9 Å². The number of hydrogen-bond acceptors (Lipinski definition) is 6. The lowest BCUT2D eigenvalue weighted by atomic mass is 10.1. The van der Waals surface area contributed by atoms with Crippen molar-refractivity contribution < 1.29 is 28.6 Å². The van der Waals surface area contributed by atoms with Crippen molar-refractivity contribution >= 4 is 65.7 Å². The number of unbranched alkanes of at least 4 members (excludes halogenated alkanes) is 18. The first kappa shape index (κ1) is 41.9. The largest absolute Gasteiger partial charge is 0.462 e. The molecule has 0 amide bonds. The van der Waals surface area contributed by atoms with E-state index in [4.69, 9.17) is 14.2 Å². The van der Waals surface area contributed by atoms with E-state index in [-0.39, 0.29) is 31.1 Å². The number of esters is 3. The second-order valence-corrected chi connectivity index (χ2v) is 13.6. The number of carbonyl (C=O) groups excluding carboxylic acids is 3. The number of hydrogen-bond donors (Lipinski definition) is 0. The van der Waals surface area contributed by atoms with Crippen molar-refractivity contribution in [1.82, 2.24) is 0 Å². The van der Waals surface area contributed by atoms with Gasteiger partial charge in [-0.25, -0.2) is 0 Å². The summed E-state index contributed by atoms with van der Waals surface area (Å²) in [6, 6.07) is 0. The molecular weight excluding hydrogens is 732 g/mol. The number of halogens is 3. The molecule has 42 heavy (non-hydrogen) atoms. The Morgan fingerprint density at radius 1 is 0.381 bits per heavy atom. The molecule has 0 aromatic carbocycles. The van der Waals surface area contributed by atoms with E-state index in [1.165, 1.54) is 77.0 Å². The van der Waals surface area contributed by atoms with E-state index in [1.807, 2.05) is 0 Å². The fourth-order valence-corrected chi connectivity index (χ4v) is 5.81. The highest BCUT2D eigenvalue weighted by molar-refractivity contribution is 9.09. The van der Waals surface area contributed by atoms with Crippen LogP contribution in [0.3, 0.4) is 0 Å². The van der Waals surface area contributed by atoms with E-state index in [0.717, 1.165) is 73.8 Å². The van der Waals surface area contributed by atoms with Gasteiger partial charge in [-0.05, 0) is 38.5 Å². The normalized spacial score (nSPS) is 11.1. The third-order valence-electron chi connectivity index (χ3n) is 7.20. The maximum Gasteiger partial charge on any atom is 0.306 e. The summed E-state index contributed by atoms with van der Waals surface area (Å²) in [7, 11) is 0. The van der Waals surface area contributed by atoms with Crippen LogP contribution in [0.15, 0.2) is 0 Å². The van der Waals surface area contributed by atoms with Crippen LogP contribution in [0.25, 0.3) is 0 Å². The van der Waals surface area contributed by atoms with Crippen molar-refractivity contribution in [2.45, 2.75) is 160 Å². The van der Waals surface area contributed by atoms with E-state index in [9.17, 15) is 14.4 Å². The van der Waals surface area contributed by atoms with Gasteiger partial charge in [-0.15, -0.1) is 0 Å². The Labute approximate surface area is 282 Å². The molecule has 0 unspecified atom stereocenters. The molecule has 0 atom stereocenters. The van der Waals surface area contributed by atoms with Crippen molar-refractivity contribution in [3.05, 3.63) is 0 Å². The van der Waals surface area contributed by atoms with E-state index < -0.39 is 6.10 Å². The lowest BCUT2D eigenvalue weighted by molar-refractivity contribution is -0.167. The predicted octanol–water partition coefficient (Wildman–Crippen LogP) is 10.5. The molecule has 0 heterocycles. The molecule has 0 aromatic rings. The minimum Gasteiger partial charge on any atom is -0.462 e. The maximum absolute atomic E-state index is 12.5. The van der Waals surface area contributed by atoms with E-state index >= 15 is 0 Å². The van der Waals surface area contributed by atoms with Crippen LogP contribution in [0.2, 0.25) is 0 Å². The van der Waals surface area contributed by atoms with Crippen LogP contribution < -0.4 is 0 Å². The van der Waals surface area contributed by atoms with Gasteiger partial charge in [-0.1, -0.05) is 144 Å². The summed E-state index contributed by atoms with van der Waals surface area (Å²) >= 11 is 10.4. The van der Waals surface area contributed by atoms with Gasteiger partial charge in [0.15, 0.2) is 6.10 Å². The zero-order valence-corrected chi connectivity index (χ0v) is 30.9. The summed E-state index contributed by atoms with van der Waals surface area (Å²) in [5.74, 6) is -0.915. The Kier molecular flexibility index (Phi) is 33.6. The van der Waals surface area contributed by atoms with Gasteiger partial charge in [-0.2, -0.15) is 0 Å². The molecule has 0 fully saturated rings. The Bertz CT molecular complexity index is 599. The molecule has 0 saturated heterocycles. The van der Waals surface area contributed by atoms with Crippen molar-refractivity contribution in [2.24, 2.45) is 0 Å². The average molecular weight is 792 g/mol. The van der Waals surface area contributed by atoms with Gasteiger partial charge in [-0.3, -0.25) is 14.4 Å². The summed E-state index contributed by atoms with van der Waals surface area (Å²) in [4.78, 5) is 37.1. The highest BCUT2D eigenvalue weighted by atomic mass is 79.9. The summed E-state index contributed by atoms with van der Waals surface area (Å²) in [5.41, 5.74) is 0. The molecule has 0 aliphatic rings. The monoisotopic (exact) mass is 788 g/mol. The van der Waals surface area contributed by atoms with Crippen LogP contribution in [0, 0.1) is 0 Å². The smallest absolute Gasteiger partial charge is 0.306 e. The van der Waals surface area contributed by atoms with Gasteiger partial charge in [0.25, 0.3) is 0 Å². The molecule has 0 radical (unpaired) electrons. The van der Waals surface area contributed by atoms with Gasteiger partial charge in [0.1, 0.15) is 13.2 Å². The summed E-state index contributed by atoms with van der Waals surface area (Å²) in [6.07, 6.45) is 23.6. The Balaban J connectivity index is 4.35. The Hall–Kier alpha value is -0.150. The third-order valence-corrected chi connectivity index (χ3v) is 8.88. The second-order valence-electron chi connectivity index (χ2n) is 11.2. The molecule has 0 aromatic heterocycles. The molecule has 6 nitrogen and oxygen atoms in total. The van der Waals surface area contributed by atoms with Crippen LogP contribution in [-0.2, 0) is 28.6 Å². The van der Waals surface area contributed by atoms with Gasteiger partial charge in [0.2, 0.25) is 0 Å². The van der Waals surface area contributed by atoms with Crippen molar-refractivity contribution in [1.29, 1.82) is 0 Å².